The Labute approximate surface area is 114 Å². The van der Waals surface area contributed by atoms with Crippen LogP contribution in [0.25, 0.3) is 0 Å². The number of carbonyl (C=O) groups is 1. The molecule has 0 aromatic heterocycles. The zero-order chi connectivity index (χ0) is 13.1. The average molecular weight is 391 g/mol. The number of hydrogen-bond acceptors (Lipinski definition) is 2. The molecule has 0 aliphatic carbocycles. The minimum absolute atomic E-state index is 0.0172. The van der Waals surface area contributed by atoms with Gasteiger partial charge in [-0.2, -0.15) is 0 Å². The summed E-state index contributed by atoms with van der Waals surface area (Å²) in [5.41, 5.74) is 0. The van der Waals surface area contributed by atoms with Crippen molar-refractivity contribution < 1.29 is 9.53 Å². The molecule has 1 aromatic rings. The number of rotatable bonds is 5. The number of ketones is 1. The maximum absolute atomic E-state index is 11.7. The van der Waals surface area contributed by atoms with Crippen LogP contribution in [0.1, 0.15) is 13.8 Å². The minimum atomic E-state index is -3.26. The summed E-state index contributed by atoms with van der Waals surface area (Å²) in [6, 6.07) is 7.35. The molecule has 96 valence electrons. The zero-order valence-corrected chi connectivity index (χ0v) is 13.9. The van der Waals surface area contributed by atoms with Crippen molar-refractivity contribution in [1.29, 1.82) is 0 Å². The van der Waals surface area contributed by atoms with E-state index in [4.69, 9.17) is 22.7 Å². The summed E-state index contributed by atoms with van der Waals surface area (Å²) >= 11 is -3.26. The standard InChI is InChI=1S/C12H16Cl2O2Te/c1-9(2)12(15)8-17(13,14)11-6-4-10(16-3)5-7-11/h4-7,9H,8H2,1-3H3. The second kappa shape index (κ2) is 6.29. The molecule has 0 fully saturated rings. The second-order valence-electron chi connectivity index (χ2n) is 4.02. The Morgan fingerprint density at radius 2 is 1.82 bits per heavy atom. The number of halogens is 2. The molecule has 17 heavy (non-hydrogen) atoms. The van der Waals surface area contributed by atoms with Gasteiger partial charge in [-0.25, -0.2) is 0 Å². The molecule has 0 saturated heterocycles. The summed E-state index contributed by atoms with van der Waals surface area (Å²) in [7, 11) is 14.4. The molecule has 0 heterocycles. The van der Waals surface area contributed by atoms with Crippen molar-refractivity contribution >= 4 is 43.3 Å². The Kier molecular flexibility index (Phi) is 5.60. The van der Waals surface area contributed by atoms with Gasteiger partial charge in [0.1, 0.15) is 0 Å². The average Bonchev–Trinajstić information content (AvgIpc) is 2.28. The second-order valence-corrected chi connectivity index (χ2v) is 17.6. The Hall–Kier alpha value is 0.0596. The molecule has 1 aromatic carbocycles. The van der Waals surface area contributed by atoms with Crippen molar-refractivity contribution in [3.8, 4) is 5.75 Å². The number of methoxy groups -OCH3 is 1. The van der Waals surface area contributed by atoms with Gasteiger partial charge in [-0.3, -0.25) is 0 Å². The molecule has 0 aliphatic rings. The number of benzene rings is 1. The van der Waals surface area contributed by atoms with Crippen molar-refractivity contribution in [2.24, 2.45) is 5.92 Å². The van der Waals surface area contributed by atoms with E-state index in [-0.39, 0.29) is 11.7 Å². The predicted octanol–water partition coefficient (Wildman–Crippen LogP) is 3.05. The number of carbonyl (C=O) groups excluding carboxylic acids is 1. The molecule has 0 N–H and O–H groups in total. The Balaban J connectivity index is 2.84. The molecule has 0 atom stereocenters. The normalized spacial score (nSPS) is 12.6. The summed E-state index contributed by atoms with van der Waals surface area (Å²) in [5.74, 6) is 0.874. The summed E-state index contributed by atoms with van der Waals surface area (Å²) in [5, 5.41) is 0. The summed E-state index contributed by atoms with van der Waals surface area (Å²) < 4.78 is 6.26. The van der Waals surface area contributed by atoms with Gasteiger partial charge in [-0.1, -0.05) is 0 Å². The Bertz CT molecular complexity index is 388. The van der Waals surface area contributed by atoms with Gasteiger partial charge in [0.2, 0.25) is 0 Å². The van der Waals surface area contributed by atoms with Gasteiger partial charge in [-0.15, -0.1) is 0 Å². The third-order valence-electron chi connectivity index (χ3n) is 2.37. The molecule has 0 spiro atoms. The Morgan fingerprint density at radius 3 is 2.24 bits per heavy atom. The van der Waals surface area contributed by atoms with Crippen LogP contribution in [-0.4, -0.2) is 28.8 Å². The van der Waals surface area contributed by atoms with E-state index in [1.54, 1.807) is 7.11 Å². The third-order valence-corrected chi connectivity index (χ3v) is 10.8. The van der Waals surface area contributed by atoms with E-state index in [0.717, 1.165) is 9.36 Å². The van der Waals surface area contributed by atoms with Gasteiger partial charge < -0.3 is 0 Å². The number of Topliss-reactive ketones (excluding diaryl/α,β-unsaturated/α-hetero) is 1. The molecule has 0 saturated carbocycles. The number of hydrogen-bond donors (Lipinski definition) is 0. The molecule has 0 radical (unpaired) electrons. The molecule has 0 amide bonds. The van der Waals surface area contributed by atoms with Crippen LogP contribution >= 0.6 is 17.9 Å². The summed E-state index contributed by atoms with van der Waals surface area (Å²) in [6.07, 6.45) is 0. The van der Waals surface area contributed by atoms with Gasteiger partial charge in [0.25, 0.3) is 0 Å². The molecular formula is C12H16Cl2O2Te. The fourth-order valence-corrected chi connectivity index (χ4v) is 8.00. The van der Waals surface area contributed by atoms with Crippen LogP contribution < -0.4 is 8.35 Å². The van der Waals surface area contributed by atoms with Crippen LogP contribution in [0.15, 0.2) is 24.3 Å². The molecule has 0 unspecified atom stereocenters. The maximum atomic E-state index is 11.7. The first-order valence-corrected chi connectivity index (χ1v) is 14.0. The molecule has 0 aliphatic heterocycles. The van der Waals surface area contributed by atoms with Gasteiger partial charge >= 0.3 is 114 Å². The van der Waals surface area contributed by atoms with Crippen LogP contribution in [0, 0.1) is 5.92 Å². The van der Waals surface area contributed by atoms with Crippen LogP contribution in [0.4, 0.5) is 0 Å². The van der Waals surface area contributed by atoms with Crippen molar-refractivity contribution in [3.63, 3.8) is 0 Å². The van der Waals surface area contributed by atoms with Crippen molar-refractivity contribution in [2.45, 2.75) is 18.3 Å². The SMILES string of the molecule is COc1ccc([Te](Cl)(Cl)CC(=O)C(C)C)cc1. The zero-order valence-electron chi connectivity index (χ0n) is 10.1. The van der Waals surface area contributed by atoms with Crippen LogP contribution in [0.2, 0.25) is 4.47 Å². The quantitative estimate of drug-likeness (QED) is 0.722. The fraction of sp³-hybridized carbons (Fsp3) is 0.417. The fourth-order valence-electron chi connectivity index (χ4n) is 1.20. The van der Waals surface area contributed by atoms with E-state index in [2.05, 4.69) is 0 Å². The number of ether oxygens (including phenoxy) is 1. The van der Waals surface area contributed by atoms with Crippen LogP contribution in [-0.2, 0) is 4.79 Å². The summed E-state index contributed by atoms with van der Waals surface area (Å²) in [6.45, 7) is 3.73. The van der Waals surface area contributed by atoms with Crippen molar-refractivity contribution in [3.05, 3.63) is 24.3 Å². The van der Waals surface area contributed by atoms with E-state index in [1.165, 1.54) is 0 Å². The first-order valence-electron chi connectivity index (χ1n) is 5.24. The van der Waals surface area contributed by atoms with Gasteiger partial charge in [0.05, 0.1) is 0 Å². The van der Waals surface area contributed by atoms with Crippen LogP contribution in [0.3, 0.4) is 0 Å². The van der Waals surface area contributed by atoms with Crippen molar-refractivity contribution in [1.82, 2.24) is 0 Å². The molecule has 1 rings (SSSR count). The Morgan fingerprint density at radius 1 is 1.29 bits per heavy atom. The monoisotopic (exact) mass is 392 g/mol. The third kappa shape index (κ3) is 4.34. The van der Waals surface area contributed by atoms with Gasteiger partial charge in [0.15, 0.2) is 0 Å². The van der Waals surface area contributed by atoms with E-state index >= 15 is 0 Å². The van der Waals surface area contributed by atoms with E-state index in [9.17, 15) is 4.79 Å². The molecule has 2 nitrogen and oxygen atoms in total. The molecular weight excluding hydrogens is 375 g/mol. The van der Waals surface area contributed by atoms with E-state index in [0.29, 0.717) is 4.47 Å². The van der Waals surface area contributed by atoms with Gasteiger partial charge in [0, 0.05) is 0 Å². The predicted molar refractivity (Wildman–Crippen MR) is 74.7 cm³/mol. The van der Waals surface area contributed by atoms with E-state index < -0.39 is 15.9 Å². The summed E-state index contributed by atoms with van der Waals surface area (Å²) in [4.78, 5) is 11.7. The van der Waals surface area contributed by atoms with E-state index in [1.807, 2.05) is 38.1 Å². The first kappa shape index (κ1) is 15.1. The molecule has 0 bridgehead atoms. The topological polar surface area (TPSA) is 26.3 Å². The first-order chi connectivity index (χ1) is 7.86. The van der Waals surface area contributed by atoms with Crippen molar-refractivity contribution in [2.75, 3.05) is 7.11 Å². The van der Waals surface area contributed by atoms with Gasteiger partial charge in [-0.05, 0) is 0 Å². The molecule has 5 heteroatoms. The van der Waals surface area contributed by atoms with Crippen LogP contribution in [0.5, 0.6) is 5.75 Å².